The van der Waals surface area contributed by atoms with E-state index in [0.29, 0.717) is 0 Å². The maximum absolute atomic E-state index is 2.22. The molecule has 0 heteroatoms. The summed E-state index contributed by atoms with van der Waals surface area (Å²) in [5.74, 6) is 0. The van der Waals surface area contributed by atoms with Crippen molar-refractivity contribution in [2.24, 2.45) is 0 Å². The highest BCUT2D eigenvalue weighted by Gasteiger charge is 1.95. The molecule has 0 saturated heterocycles. The first-order valence-electron chi connectivity index (χ1n) is 3.42. The highest BCUT2D eigenvalue weighted by Crippen LogP contribution is 2.14. The average Bonchev–Trinajstić information content (AvgIpc) is 2.34. The lowest BCUT2D eigenvalue weighted by molar-refractivity contribution is 1.06. The molecule has 9 heavy (non-hydrogen) atoms. The van der Waals surface area contributed by atoms with Crippen molar-refractivity contribution in [3.05, 3.63) is 36.0 Å². The van der Waals surface area contributed by atoms with Gasteiger partial charge >= 0.3 is 0 Å². The Morgan fingerprint density at radius 1 is 1.56 bits per heavy atom. The Bertz CT molecular complexity index is 159. The third kappa shape index (κ3) is 1.88. The van der Waals surface area contributed by atoms with Crippen molar-refractivity contribution in [2.75, 3.05) is 0 Å². The molecule has 0 aromatic carbocycles. The summed E-state index contributed by atoms with van der Waals surface area (Å²) < 4.78 is 0. The lowest BCUT2D eigenvalue weighted by Gasteiger charge is -1.85. The van der Waals surface area contributed by atoms with Crippen LogP contribution in [0.5, 0.6) is 0 Å². The lowest BCUT2D eigenvalue weighted by atomic mass is 10.2. The van der Waals surface area contributed by atoms with Gasteiger partial charge in [-0.05, 0) is 25.3 Å². The molecule has 0 aromatic heterocycles. The highest BCUT2D eigenvalue weighted by atomic mass is 14.0. The maximum atomic E-state index is 2.22. The molecule has 0 heterocycles. The molecular weight excluding hydrogens is 108 g/mol. The number of hydrogen-bond donors (Lipinski definition) is 0. The average molecular weight is 120 g/mol. The van der Waals surface area contributed by atoms with Gasteiger partial charge in [0.15, 0.2) is 0 Å². The van der Waals surface area contributed by atoms with E-state index in [2.05, 4.69) is 30.4 Å². The normalized spacial score (nSPS) is 22.6. The Morgan fingerprint density at radius 3 is 3.00 bits per heavy atom. The summed E-state index contributed by atoms with van der Waals surface area (Å²) in [6.45, 7) is 2.04. The lowest BCUT2D eigenvalue weighted by Crippen LogP contribution is -1.66. The highest BCUT2D eigenvalue weighted by molar-refractivity contribution is 5.27. The Kier molecular flexibility index (Phi) is 2.32. The van der Waals surface area contributed by atoms with Crippen LogP contribution in [0.3, 0.4) is 0 Å². The van der Waals surface area contributed by atoms with Gasteiger partial charge in [-0.25, -0.2) is 0 Å². The molecule has 0 nitrogen and oxygen atoms in total. The van der Waals surface area contributed by atoms with E-state index >= 15 is 0 Å². The van der Waals surface area contributed by atoms with Gasteiger partial charge in [0.05, 0.1) is 0 Å². The molecule has 1 aliphatic rings. The number of allylic oxidation sites excluding steroid dienone is 6. The van der Waals surface area contributed by atoms with Gasteiger partial charge in [-0.2, -0.15) is 0 Å². The van der Waals surface area contributed by atoms with E-state index in [-0.39, 0.29) is 0 Å². The van der Waals surface area contributed by atoms with Crippen molar-refractivity contribution in [3.8, 4) is 0 Å². The van der Waals surface area contributed by atoms with Gasteiger partial charge in [-0.15, -0.1) is 0 Å². The summed E-state index contributed by atoms with van der Waals surface area (Å²) in [6.07, 6.45) is 13.2. The van der Waals surface area contributed by atoms with Gasteiger partial charge < -0.3 is 0 Å². The van der Waals surface area contributed by atoms with Crippen LogP contribution in [0.2, 0.25) is 0 Å². The van der Waals surface area contributed by atoms with E-state index in [1.807, 2.05) is 6.92 Å². The van der Waals surface area contributed by atoms with Crippen LogP contribution in [0.25, 0.3) is 0 Å². The van der Waals surface area contributed by atoms with Crippen molar-refractivity contribution in [1.82, 2.24) is 0 Å². The topological polar surface area (TPSA) is 0 Å². The molecule has 0 aliphatic heterocycles. The van der Waals surface area contributed by atoms with Crippen molar-refractivity contribution in [1.29, 1.82) is 0 Å². The fourth-order valence-corrected chi connectivity index (χ4v) is 0.927. The molecule has 0 N–H and O–H groups in total. The number of rotatable bonds is 1. The van der Waals surface area contributed by atoms with Crippen LogP contribution >= 0.6 is 0 Å². The fraction of sp³-hybridized carbons (Fsp3) is 0.333. The van der Waals surface area contributed by atoms with Crippen LogP contribution < -0.4 is 0 Å². The Hall–Kier alpha value is -0.780. The third-order valence-corrected chi connectivity index (χ3v) is 1.43. The molecule has 48 valence electrons. The minimum absolute atomic E-state index is 1.23. The quantitative estimate of drug-likeness (QED) is 0.499. The summed E-state index contributed by atoms with van der Waals surface area (Å²) in [7, 11) is 0. The van der Waals surface area contributed by atoms with Crippen LogP contribution in [0.15, 0.2) is 36.0 Å². The third-order valence-electron chi connectivity index (χ3n) is 1.43. The van der Waals surface area contributed by atoms with E-state index in [4.69, 9.17) is 0 Å². The molecule has 0 radical (unpaired) electrons. The molecule has 0 saturated carbocycles. The summed E-state index contributed by atoms with van der Waals surface area (Å²) in [5, 5.41) is 0. The minimum atomic E-state index is 1.23. The molecule has 1 aliphatic carbocycles. The van der Waals surface area contributed by atoms with Gasteiger partial charge in [0, 0.05) is 0 Å². The second kappa shape index (κ2) is 3.29. The smallest absolute Gasteiger partial charge is 0.0244 e. The molecule has 0 amide bonds. The minimum Gasteiger partial charge on any atom is -0.0877 e. The van der Waals surface area contributed by atoms with Crippen LogP contribution in [0.4, 0.5) is 0 Å². The van der Waals surface area contributed by atoms with E-state index < -0.39 is 0 Å². The van der Waals surface area contributed by atoms with Crippen LogP contribution in [0, 0.1) is 0 Å². The zero-order valence-electron chi connectivity index (χ0n) is 5.80. The molecule has 0 fully saturated rings. The van der Waals surface area contributed by atoms with Crippen LogP contribution in [-0.2, 0) is 0 Å². The first-order valence-corrected chi connectivity index (χ1v) is 3.42. The predicted molar refractivity (Wildman–Crippen MR) is 41.3 cm³/mol. The number of hydrogen-bond acceptors (Lipinski definition) is 0. The molecule has 0 bridgehead atoms. The molecule has 0 atom stereocenters. The van der Waals surface area contributed by atoms with Crippen LogP contribution in [-0.4, -0.2) is 0 Å². The second-order valence-corrected chi connectivity index (χ2v) is 2.21. The van der Waals surface area contributed by atoms with Crippen LogP contribution in [0.1, 0.15) is 19.8 Å². The Balaban J connectivity index is 2.50. The summed E-state index contributed by atoms with van der Waals surface area (Å²) in [5.41, 5.74) is 1.45. The Morgan fingerprint density at radius 2 is 2.44 bits per heavy atom. The molecule has 0 spiro atoms. The van der Waals surface area contributed by atoms with Crippen molar-refractivity contribution in [2.45, 2.75) is 19.8 Å². The Labute approximate surface area is 56.6 Å². The van der Waals surface area contributed by atoms with Gasteiger partial charge in [0.2, 0.25) is 0 Å². The summed E-state index contributed by atoms with van der Waals surface area (Å²) in [4.78, 5) is 0. The van der Waals surface area contributed by atoms with Crippen molar-refractivity contribution >= 4 is 0 Å². The van der Waals surface area contributed by atoms with Gasteiger partial charge in [0.1, 0.15) is 0 Å². The first-order chi connectivity index (χ1) is 4.43. The zero-order chi connectivity index (χ0) is 6.53. The van der Waals surface area contributed by atoms with Gasteiger partial charge in [-0.3, -0.25) is 0 Å². The molecular formula is C9H12. The van der Waals surface area contributed by atoms with Crippen molar-refractivity contribution in [3.63, 3.8) is 0 Å². The van der Waals surface area contributed by atoms with E-state index in [1.54, 1.807) is 0 Å². The zero-order valence-corrected chi connectivity index (χ0v) is 5.80. The molecule has 0 aromatic rings. The van der Waals surface area contributed by atoms with E-state index in [0.717, 1.165) is 0 Å². The molecule has 1 rings (SSSR count). The van der Waals surface area contributed by atoms with E-state index in [9.17, 15) is 0 Å². The van der Waals surface area contributed by atoms with Gasteiger partial charge in [-0.1, -0.05) is 30.4 Å². The summed E-state index contributed by atoms with van der Waals surface area (Å²) >= 11 is 0. The molecule has 0 unspecified atom stereocenters. The second-order valence-electron chi connectivity index (χ2n) is 2.21. The standard InChI is InChI=1S/C9H12/c1-2-3-6-9-7-4-5-8-9/h2-4,6-7H,5,8H2,1H3/b3-2-,9-6+. The predicted octanol–water partition coefficient (Wildman–Crippen LogP) is 2.84. The van der Waals surface area contributed by atoms with E-state index in [1.165, 1.54) is 18.4 Å². The van der Waals surface area contributed by atoms with Crippen molar-refractivity contribution < 1.29 is 0 Å². The maximum Gasteiger partial charge on any atom is -0.0244 e. The fourth-order valence-electron chi connectivity index (χ4n) is 0.927. The summed E-state index contributed by atoms with van der Waals surface area (Å²) in [6, 6.07) is 0. The monoisotopic (exact) mass is 120 g/mol. The van der Waals surface area contributed by atoms with Gasteiger partial charge in [0.25, 0.3) is 0 Å². The largest absolute Gasteiger partial charge is 0.0877 e. The first kappa shape index (κ1) is 6.34. The SMILES string of the molecule is C/C=C\C=C1/C=CCC1.